The number of hydrogen-bond acceptors (Lipinski definition) is 3. The molecule has 4 heteroatoms. The highest BCUT2D eigenvalue weighted by Gasteiger charge is 2.04. The van der Waals surface area contributed by atoms with Gasteiger partial charge in [-0.3, -0.25) is 0 Å². The molecule has 0 spiro atoms. The van der Waals surface area contributed by atoms with Crippen molar-refractivity contribution >= 4 is 17.5 Å². The van der Waals surface area contributed by atoms with E-state index in [2.05, 4.69) is 16.9 Å². The molecular formula is C9H14ClN3. The van der Waals surface area contributed by atoms with E-state index < -0.39 is 0 Å². The first-order valence-electron chi connectivity index (χ1n) is 4.28. The Balaban J connectivity index is 2.95. The zero-order valence-corrected chi connectivity index (χ0v) is 8.97. The highest BCUT2D eigenvalue weighted by Crippen LogP contribution is 2.11. The van der Waals surface area contributed by atoms with Gasteiger partial charge in [-0.15, -0.1) is 11.6 Å². The molecule has 1 heterocycles. The molecule has 0 unspecified atom stereocenters. The molecule has 0 fully saturated rings. The summed E-state index contributed by atoms with van der Waals surface area (Å²) >= 11 is 5.70. The number of aromatic nitrogens is 2. The normalized spacial score (nSPS) is 10.2. The SMILES string of the molecule is CCN(C)c1ncc(CCl)c(C)n1. The monoisotopic (exact) mass is 199 g/mol. The Kier molecular flexibility index (Phi) is 3.48. The first kappa shape index (κ1) is 10.3. The average Bonchev–Trinajstić information content (AvgIpc) is 2.16. The van der Waals surface area contributed by atoms with Gasteiger partial charge < -0.3 is 4.90 Å². The number of rotatable bonds is 3. The van der Waals surface area contributed by atoms with Gasteiger partial charge in [0, 0.05) is 31.0 Å². The van der Waals surface area contributed by atoms with E-state index in [1.54, 1.807) is 6.20 Å². The molecule has 3 nitrogen and oxygen atoms in total. The maximum Gasteiger partial charge on any atom is 0.225 e. The van der Waals surface area contributed by atoms with Crippen LogP contribution in [0.4, 0.5) is 5.95 Å². The summed E-state index contributed by atoms with van der Waals surface area (Å²) in [5, 5.41) is 0. The number of aryl methyl sites for hydroxylation is 1. The van der Waals surface area contributed by atoms with Crippen LogP contribution in [0.3, 0.4) is 0 Å². The van der Waals surface area contributed by atoms with Gasteiger partial charge >= 0.3 is 0 Å². The maximum atomic E-state index is 5.70. The molecule has 72 valence electrons. The highest BCUT2D eigenvalue weighted by atomic mass is 35.5. The summed E-state index contributed by atoms with van der Waals surface area (Å²) in [5.41, 5.74) is 1.95. The van der Waals surface area contributed by atoms with Crippen molar-refractivity contribution in [2.24, 2.45) is 0 Å². The lowest BCUT2D eigenvalue weighted by molar-refractivity contribution is 0.884. The van der Waals surface area contributed by atoms with Crippen LogP contribution >= 0.6 is 11.6 Å². The molecule has 0 aliphatic rings. The zero-order chi connectivity index (χ0) is 9.84. The van der Waals surface area contributed by atoms with Gasteiger partial charge in [0.05, 0.1) is 5.88 Å². The molecule has 0 atom stereocenters. The smallest absolute Gasteiger partial charge is 0.225 e. The Morgan fingerprint density at radius 2 is 2.23 bits per heavy atom. The van der Waals surface area contributed by atoms with Crippen molar-refractivity contribution in [1.29, 1.82) is 0 Å². The van der Waals surface area contributed by atoms with Crippen LogP contribution in [0.2, 0.25) is 0 Å². The fraction of sp³-hybridized carbons (Fsp3) is 0.556. The first-order valence-corrected chi connectivity index (χ1v) is 4.82. The fourth-order valence-corrected chi connectivity index (χ4v) is 1.20. The van der Waals surface area contributed by atoms with Crippen molar-refractivity contribution in [3.05, 3.63) is 17.5 Å². The van der Waals surface area contributed by atoms with Gasteiger partial charge in [0.25, 0.3) is 0 Å². The molecule has 0 saturated carbocycles. The minimum Gasteiger partial charge on any atom is -0.344 e. The lowest BCUT2D eigenvalue weighted by atomic mass is 10.3. The van der Waals surface area contributed by atoms with E-state index in [0.29, 0.717) is 5.88 Å². The fourth-order valence-electron chi connectivity index (χ4n) is 0.936. The van der Waals surface area contributed by atoms with Gasteiger partial charge in [-0.1, -0.05) is 0 Å². The van der Waals surface area contributed by atoms with Crippen LogP contribution in [0, 0.1) is 6.92 Å². The van der Waals surface area contributed by atoms with Crippen molar-refractivity contribution in [3.8, 4) is 0 Å². The zero-order valence-electron chi connectivity index (χ0n) is 8.21. The number of halogens is 1. The molecular weight excluding hydrogens is 186 g/mol. The summed E-state index contributed by atoms with van der Waals surface area (Å²) in [6.07, 6.45) is 1.79. The van der Waals surface area contributed by atoms with Gasteiger partial charge in [-0.2, -0.15) is 0 Å². The Labute approximate surface area is 83.8 Å². The summed E-state index contributed by atoms with van der Waals surface area (Å²) in [5.74, 6) is 1.23. The number of nitrogens with zero attached hydrogens (tertiary/aromatic N) is 3. The highest BCUT2D eigenvalue weighted by molar-refractivity contribution is 6.17. The second-order valence-corrected chi connectivity index (χ2v) is 3.20. The summed E-state index contributed by atoms with van der Waals surface area (Å²) < 4.78 is 0. The molecule has 0 radical (unpaired) electrons. The Morgan fingerprint density at radius 3 is 2.69 bits per heavy atom. The lowest BCUT2D eigenvalue weighted by Gasteiger charge is -2.14. The van der Waals surface area contributed by atoms with Crippen LogP contribution < -0.4 is 4.90 Å². The second-order valence-electron chi connectivity index (χ2n) is 2.93. The standard InChI is InChI=1S/C9H14ClN3/c1-4-13(3)9-11-6-8(5-10)7(2)12-9/h6H,4-5H2,1-3H3. The molecule has 0 saturated heterocycles. The average molecular weight is 200 g/mol. The van der Waals surface area contributed by atoms with Gasteiger partial charge in [0.15, 0.2) is 0 Å². The lowest BCUT2D eigenvalue weighted by Crippen LogP contribution is -2.19. The van der Waals surface area contributed by atoms with Crippen molar-refractivity contribution in [1.82, 2.24) is 9.97 Å². The van der Waals surface area contributed by atoms with E-state index in [1.165, 1.54) is 0 Å². The molecule has 0 aliphatic heterocycles. The van der Waals surface area contributed by atoms with Gasteiger partial charge in [-0.25, -0.2) is 9.97 Å². The van der Waals surface area contributed by atoms with E-state index in [0.717, 1.165) is 23.8 Å². The Bertz CT molecular complexity index is 288. The number of anilines is 1. The van der Waals surface area contributed by atoms with Crippen LogP contribution in [0.15, 0.2) is 6.20 Å². The molecule has 1 rings (SSSR count). The van der Waals surface area contributed by atoms with Crippen LogP contribution in [-0.2, 0) is 5.88 Å². The molecule has 0 aromatic carbocycles. The topological polar surface area (TPSA) is 29.0 Å². The van der Waals surface area contributed by atoms with Gasteiger partial charge in [0.1, 0.15) is 0 Å². The molecule has 0 aliphatic carbocycles. The molecule has 0 amide bonds. The van der Waals surface area contributed by atoms with Crippen LogP contribution in [0.5, 0.6) is 0 Å². The van der Waals surface area contributed by atoms with Crippen LogP contribution in [0.25, 0.3) is 0 Å². The predicted octanol–water partition coefficient (Wildman–Crippen LogP) is 1.98. The summed E-state index contributed by atoms with van der Waals surface area (Å²) in [6, 6.07) is 0. The maximum absolute atomic E-state index is 5.70. The number of hydrogen-bond donors (Lipinski definition) is 0. The van der Waals surface area contributed by atoms with E-state index >= 15 is 0 Å². The third-order valence-electron chi connectivity index (χ3n) is 2.03. The Morgan fingerprint density at radius 1 is 1.54 bits per heavy atom. The molecule has 0 N–H and O–H groups in total. The molecule has 13 heavy (non-hydrogen) atoms. The second kappa shape index (κ2) is 4.42. The Hall–Kier alpha value is -0.830. The van der Waals surface area contributed by atoms with Crippen molar-refractivity contribution in [2.45, 2.75) is 19.7 Å². The van der Waals surface area contributed by atoms with E-state index in [1.807, 2.05) is 18.9 Å². The molecule has 0 bridgehead atoms. The van der Waals surface area contributed by atoms with Crippen molar-refractivity contribution < 1.29 is 0 Å². The van der Waals surface area contributed by atoms with E-state index in [-0.39, 0.29) is 0 Å². The minimum absolute atomic E-state index is 0.474. The predicted molar refractivity (Wildman–Crippen MR) is 55.3 cm³/mol. The first-order chi connectivity index (χ1) is 6.19. The molecule has 1 aromatic heterocycles. The largest absolute Gasteiger partial charge is 0.344 e. The quantitative estimate of drug-likeness (QED) is 0.698. The van der Waals surface area contributed by atoms with Crippen LogP contribution in [0.1, 0.15) is 18.2 Å². The minimum atomic E-state index is 0.474. The van der Waals surface area contributed by atoms with Crippen molar-refractivity contribution in [3.63, 3.8) is 0 Å². The molecule has 1 aromatic rings. The van der Waals surface area contributed by atoms with Crippen LogP contribution in [-0.4, -0.2) is 23.6 Å². The third kappa shape index (κ3) is 2.31. The third-order valence-corrected chi connectivity index (χ3v) is 2.32. The van der Waals surface area contributed by atoms with Gasteiger partial charge in [-0.05, 0) is 13.8 Å². The summed E-state index contributed by atoms with van der Waals surface area (Å²) in [7, 11) is 1.97. The van der Waals surface area contributed by atoms with E-state index in [9.17, 15) is 0 Å². The summed E-state index contributed by atoms with van der Waals surface area (Å²) in [4.78, 5) is 10.5. The van der Waals surface area contributed by atoms with Gasteiger partial charge in [0.2, 0.25) is 5.95 Å². The number of alkyl halides is 1. The summed E-state index contributed by atoms with van der Waals surface area (Å²) in [6.45, 7) is 4.92. The van der Waals surface area contributed by atoms with Crippen molar-refractivity contribution in [2.75, 3.05) is 18.5 Å². The van der Waals surface area contributed by atoms with E-state index in [4.69, 9.17) is 11.6 Å².